The summed E-state index contributed by atoms with van der Waals surface area (Å²) in [6.45, 7) is -1.42. The third kappa shape index (κ3) is 4.30. The first-order valence-corrected chi connectivity index (χ1v) is 6.20. The Morgan fingerprint density at radius 2 is 2.10 bits per heavy atom. The van der Waals surface area contributed by atoms with E-state index in [-0.39, 0.29) is 13.2 Å². The molecule has 2 N–H and O–H groups in total. The predicted molar refractivity (Wildman–Crippen MR) is 69.5 cm³/mol. The molecule has 0 saturated carbocycles. The zero-order chi connectivity index (χ0) is 15.5. The van der Waals surface area contributed by atoms with Crippen LogP contribution in [0, 0.1) is 0 Å². The van der Waals surface area contributed by atoms with Crippen molar-refractivity contribution in [1.29, 1.82) is 0 Å². The molecule has 0 saturated heterocycles. The van der Waals surface area contributed by atoms with Gasteiger partial charge in [0, 0.05) is 16.3 Å². The van der Waals surface area contributed by atoms with Crippen LogP contribution in [0.15, 0.2) is 18.2 Å². The fourth-order valence-electron chi connectivity index (χ4n) is 1.62. The van der Waals surface area contributed by atoms with E-state index in [1.165, 1.54) is 10.7 Å². The van der Waals surface area contributed by atoms with Crippen molar-refractivity contribution in [1.82, 2.24) is 20.2 Å². The van der Waals surface area contributed by atoms with Crippen molar-refractivity contribution in [2.45, 2.75) is 12.7 Å². The highest BCUT2D eigenvalue weighted by Gasteiger charge is 2.27. The molecule has 0 aliphatic carbocycles. The molecule has 0 amide bonds. The van der Waals surface area contributed by atoms with E-state index in [0.29, 0.717) is 22.1 Å². The van der Waals surface area contributed by atoms with Crippen molar-refractivity contribution < 1.29 is 17.9 Å². The zero-order valence-corrected chi connectivity index (χ0v) is 11.4. The lowest BCUT2D eigenvalue weighted by atomic mass is 10.1. The number of tetrazole rings is 1. The molecule has 0 unspecified atom stereocenters. The van der Waals surface area contributed by atoms with Gasteiger partial charge in [-0.25, -0.2) is 4.68 Å². The highest BCUT2D eigenvalue weighted by atomic mass is 35.5. The number of nitrogens with two attached hydrogens (primary N) is 1. The van der Waals surface area contributed by atoms with Gasteiger partial charge in [-0.05, 0) is 28.6 Å². The lowest BCUT2D eigenvalue weighted by Gasteiger charge is -2.09. The van der Waals surface area contributed by atoms with Crippen molar-refractivity contribution in [2.75, 3.05) is 18.9 Å². The number of nitrogens with zero attached hydrogens (tertiary/aromatic N) is 4. The second kappa shape index (κ2) is 6.27. The van der Waals surface area contributed by atoms with Crippen LogP contribution in [-0.4, -0.2) is 39.6 Å². The second-order valence-electron chi connectivity index (χ2n) is 4.12. The molecule has 0 spiro atoms. The third-order valence-electron chi connectivity index (χ3n) is 2.50. The summed E-state index contributed by atoms with van der Waals surface area (Å²) in [6.07, 6.45) is -4.36. The summed E-state index contributed by atoms with van der Waals surface area (Å²) >= 11 is 5.80. The maximum absolute atomic E-state index is 12.0. The van der Waals surface area contributed by atoms with Gasteiger partial charge in [0.15, 0.2) is 5.82 Å². The molecule has 0 radical (unpaired) electrons. The summed E-state index contributed by atoms with van der Waals surface area (Å²) in [5.41, 5.74) is 6.73. The Morgan fingerprint density at radius 3 is 2.76 bits per heavy atom. The summed E-state index contributed by atoms with van der Waals surface area (Å²) in [6, 6.07) is 4.79. The monoisotopic (exact) mass is 321 g/mol. The van der Waals surface area contributed by atoms with Crippen LogP contribution in [0.25, 0.3) is 11.4 Å². The number of anilines is 1. The second-order valence-corrected chi connectivity index (χ2v) is 4.56. The van der Waals surface area contributed by atoms with Crippen LogP contribution in [-0.2, 0) is 11.3 Å². The van der Waals surface area contributed by atoms with Gasteiger partial charge in [-0.1, -0.05) is 11.6 Å². The quantitative estimate of drug-likeness (QED) is 0.674. The van der Waals surface area contributed by atoms with Crippen molar-refractivity contribution in [3.8, 4) is 11.4 Å². The van der Waals surface area contributed by atoms with Gasteiger partial charge in [-0.3, -0.25) is 0 Å². The van der Waals surface area contributed by atoms with Crippen LogP contribution in [0.4, 0.5) is 18.9 Å². The maximum atomic E-state index is 12.0. The molecule has 0 atom stereocenters. The van der Waals surface area contributed by atoms with E-state index < -0.39 is 12.8 Å². The Balaban J connectivity index is 2.05. The molecule has 0 bridgehead atoms. The molecule has 6 nitrogen and oxygen atoms in total. The Morgan fingerprint density at radius 1 is 1.33 bits per heavy atom. The normalized spacial score (nSPS) is 11.8. The molecule has 2 rings (SSSR count). The summed E-state index contributed by atoms with van der Waals surface area (Å²) in [4.78, 5) is 0. The Kier molecular flexibility index (Phi) is 4.63. The fourth-order valence-corrected chi connectivity index (χ4v) is 1.80. The smallest absolute Gasteiger partial charge is 0.398 e. The number of alkyl halides is 3. The van der Waals surface area contributed by atoms with Gasteiger partial charge in [-0.15, -0.1) is 5.10 Å². The largest absolute Gasteiger partial charge is 0.411 e. The number of rotatable bonds is 5. The van der Waals surface area contributed by atoms with Crippen LogP contribution in [0.2, 0.25) is 5.02 Å². The number of hydrogen-bond donors (Lipinski definition) is 1. The number of aromatic nitrogens is 4. The van der Waals surface area contributed by atoms with E-state index in [1.807, 2.05) is 0 Å². The molecule has 1 aromatic carbocycles. The summed E-state index contributed by atoms with van der Waals surface area (Å²) in [7, 11) is 0. The van der Waals surface area contributed by atoms with Gasteiger partial charge in [0.25, 0.3) is 0 Å². The number of hydrogen-bond acceptors (Lipinski definition) is 5. The first kappa shape index (κ1) is 15.5. The highest BCUT2D eigenvalue weighted by molar-refractivity contribution is 6.31. The van der Waals surface area contributed by atoms with Crippen LogP contribution < -0.4 is 5.73 Å². The average Bonchev–Trinajstić information content (AvgIpc) is 2.82. The van der Waals surface area contributed by atoms with Gasteiger partial charge in [0.05, 0.1) is 13.2 Å². The summed E-state index contributed by atoms with van der Waals surface area (Å²) in [5.74, 6) is 0.333. The molecule has 0 fully saturated rings. The molecule has 114 valence electrons. The molecular weight excluding hydrogens is 311 g/mol. The van der Waals surface area contributed by atoms with E-state index in [1.54, 1.807) is 12.1 Å². The summed E-state index contributed by atoms with van der Waals surface area (Å²) < 4.78 is 41.7. The Bertz CT molecular complexity index is 616. The van der Waals surface area contributed by atoms with Gasteiger partial charge in [0.1, 0.15) is 6.61 Å². The molecule has 0 aliphatic rings. The number of benzene rings is 1. The molecule has 1 heterocycles. The van der Waals surface area contributed by atoms with Gasteiger partial charge >= 0.3 is 6.18 Å². The SMILES string of the molecule is Nc1cc(Cl)ccc1-c1nnnn1CCOCC(F)(F)F. The van der Waals surface area contributed by atoms with Crippen molar-refractivity contribution in [2.24, 2.45) is 0 Å². The lowest BCUT2D eigenvalue weighted by Crippen LogP contribution is -2.19. The van der Waals surface area contributed by atoms with Crippen LogP contribution in [0.3, 0.4) is 0 Å². The zero-order valence-electron chi connectivity index (χ0n) is 10.6. The molecule has 21 heavy (non-hydrogen) atoms. The van der Waals surface area contributed by atoms with E-state index in [2.05, 4.69) is 20.3 Å². The van der Waals surface area contributed by atoms with E-state index in [0.717, 1.165) is 0 Å². The number of halogens is 4. The van der Waals surface area contributed by atoms with Gasteiger partial charge in [-0.2, -0.15) is 13.2 Å². The first-order chi connectivity index (χ1) is 9.87. The fraction of sp³-hybridized carbons (Fsp3) is 0.364. The minimum Gasteiger partial charge on any atom is -0.398 e. The van der Waals surface area contributed by atoms with Gasteiger partial charge in [0.2, 0.25) is 0 Å². The van der Waals surface area contributed by atoms with Gasteiger partial charge < -0.3 is 10.5 Å². The van der Waals surface area contributed by atoms with E-state index in [9.17, 15) is 13.2 Å². The minimum atomic E-state index is -4.36. The predicted octanol–water partition coefficient (Wildman–Crippen LogP) is 2.15. The molecule has 1 aromatic heterocycles. The number of nitrogen functional groups attached to an aromatic ring is 1. The molecule has 10 heteroatoms. The topological polar surface area (TPSA) is 78.9 Å². The Hall–Kier alpha value is -1.87. The van der Waals surface area contributed by atoms with Crippen LogP contribution >= 0.6 is 11.6 Å². The first-order valence-electron chi connectivity index (χ1n) is 5.83. The molecular formula is C11H11ClF3N5O. The highest BCUT2D eigenvalue weighted by Crippen LogP contribution is 2.26. The van der Waals surface area contributed by atoms with Crippen molar-refractivity contribution in [3.05, 3.63) is 23.2 Å². The average molecular weight is 322 g/mol. The molecule has 2 aromatic rings. The standard InChI is InChI=1S/C11H11ClF3N5O/c12-7-1-2-8(9(16)5-7)10-17-18-19-20(10)3-4-21-6-11(13,14)15/h1-2,5H,3-4,6,16H2. The van der Waals surface area contributed by atoms with E-state index >= 15 is 0 Å². The van der Waals surface area contributed by atoms with E-state index in [4.69, 9.17) is 17.3 Å². The summed E-state index contributed by atoms with van der Waals surface area (Å²) in [5, 5.41) is 11.4. The number of ether oxygens (including phenoxy) is 1. The van der Waals surface area contributed by atoms with Crippen molar-refractivity contribution >= 4 is 17.3 Å². The van der Waals surface area contributed by atoms with Crippen LogP contribution in [0.5, 0.6) is 0 Å². The maximum Gasteiger partial charge on any atom is 0.411 e. The van der Waals surface area contributed by atoms with Crippen LogP contribution in [0.1, 0.15) is 0 Å². The van der Waals surface area contributed by atoms with Crippen molar-refractivity contribution in [3.63, 3.8) is 0 Å². The minimum absolute atomic E-state index is 0.0699. The lowest BCUT2D eigenvalue weighted by molar-refractivity contribution is -0.174. The third-order valence-corrected chi connectivity index (χ3v) is 2.73. The molecule has 0 aliphatic heterocycles. The Labute approximate surface area is 122 Å².